The second-order valence-electron chi connectivity index (χ2n) is 4.80. The minimum atomic E-state index is 0.825. The van der Waals surface area contributed by atoms with E-state index in [4.69, 9.17) is 0 Å². The van der Waals surface area contributed by atoms with Gasteiger partial charge in [-0.05, 0) is 77.5 Å². The van der Waals surface area contributed by atoms with Crippen LogP contribution in [0.15, 0.2) is 82.6 Å². The first-order chi connectivity index (χ1) is 10.8. The van der Waals surface area contributed by atoms with E-state index in [2.05, 4.69) is 56.8 Å². The van der Waals surface area contributed by atoms with Crippen LogP contribution in [0.3, 0.4) is 0 Å². The molecule has 2 nitrogen and oxygen atoms in total. The zero-order valence-corrected chi connectivity index (χ0v) is 14.0. The molecule has 0 saturated heterocycles. The largest absolute Gasteiger partial charge is 0.151 e. The van der Waals surface area contributed by atoms with Crippen LogP contribution in [0.1, 0.15) is 12.0 Å². The van der Waals surface area contributed by atoms with Gasteiger partial charge >= 0.3 is 0 Å². The van der Waals surface area contributed by atoms with Gasteiger partial charge in [0.1, 0.15) is 0 Å². The molecule has 2 aromatic carbocycles. The van der Waals surface area contributed by atoms with Gasteiger partial charge in [-0.3, -0.25) is 0 Å². The molecule has 0 saturated carbocycles. The van der Waals surface area contributed by atoms with Crippen LogP contribution in [-0.4, -0.2) is 0 Å². The lowest BCUT2D eigenvalue weighted by Crippen LogP contribution is -1.75. The van der Waals surface area contributed by atoms with Gasteiger partial charge in [0.25, 0.3) is 0 Å². The standard InChI is InChI=1S/C19H13IN2/c20-17-9-13-19(14-10-17)22-21-18-11-7-16(8-12-18)6-5-15-3-1-2-4-15/h1-3,7-14H,4H2. The normalized spacial score (nSPS) is 13.0. The molecular weight excluding hydrogens is 383 g/mol. The summed E-state index contributed by atoms with van der Waals surface area (Å²) >= 11 is 2.27. The average Bonchev–Trinajstić information content (AvgIpc) is 3.07. The number of hydrogen-bond donors (Lipinski definition) is 0. The molecular formula is C19H13IN2. The zero-order chi connectivity index (χ0) is 15.2. The van der Waals surface area contributed by atoms with Gasteiger partial charge in [-0.1, -0.05) is 30.1 Å². The fraction of sp³-hybridized carbons (Fsp3) is 0.0526. The molecule has 0 aliphatic heterocycles. The van der Waals surface area contributed by atoms with Gasteiger partial charge < -0.3 is 0 Å². The van der Waals surface area contributed by atoms with Gasteiger partial charge in [0.15, 0.2) is 0 Å². The SMILES string of the molecule is Ic1ccc(N=Nc2ccc(C#CC3=CC=CC3)cc2)cc1. The molecule has 0 bridgehead atoms. The van der Waals surface area contributed by atoms with E-state index in [0.29, 0.717) is 0 Å². The number of halogens is 1. The Morgan fingerprint density at radius 3 is 2.05 bits per heavy atom. The first kappa shape index (κ1) is 14.7. The average molecular weight is 396 g/mol. The van der Waals surface area contributed by atoms with Crippen LogP contribution in [0.5, 0.6) is 0 Å². The highest BCUT2D eigenvalue weighted by Crippen LogP contribution is 2.19. The van der Waals surface area contributed by atoms with E-state index in [1.165, 1.54) is 3.57 Å². The van der Waals surface area contributed by atoms with Crippen molar-refractivity contribution >= 4 is 34.0 Å². The molecule has 22 heavy (non-hydrogen) atoms. The summed E-state index contributed by atoms with van der Waals surface area (Å²) in [6.07, 6.45) is 7.14. The summed E-state index contributed by atoms with van der Waals surface area (Å²) < 4.78 is 1.19. The summed E-state index contributed by atoms with van der Waals surface area (Å²) in [5, 5.41) is 8.46. The molecule has 1 aliphatic rings. The molecule has 0 unspecified atom stereocenters. The Morgan fingerprint density at radius 2 is 1.45 bits per heavy atom. The molecule has 0 fully saturated rings. The highest BCUT2D eigenvalue weighted by Gasteiger charge is 1.95. The summed E-state index contributed by atoms with van der Waals surface area (Å²) in [4.78, 5) is 0. The lowest BCUT2D eigenvalue weighted by atomic mass is 10.2. The van der Waals surface area contributed by atoms with Crippen molar-refractivity contribution in [3.8, 4) is 11.8 Å². The fourth-order valence-corrected chi connectivity index (χ4v) is 2.29. The molecule has 0 N–H and O–H groups in total. The lowest BCUT2D eigenvalue weighted by Gasteiger charge is -1.95. The Hall–Kier alpha value is -2.19. The van der Waals surface area contributed by atoms with E-state index in [1.54, 1.807) is 0 Å². The van der Waals surface area contributed by atoms with Crippen molar-refractivity contribution in [1.29, 1.82) is 0 Å². The van der Waals surface area contributed by atoms with Crippen molar-refractivity contribution in [1.82, 2.24) is 0 Å². The molecule has 0 spiro atoms. The molecule has 0 atom stereocenters. The monoisotopic (exact) mass is 396 g/mol. The van der Waals surface area contributed by atoms with Crippen molar-refractivity contribution in [2.24, 2.45) is 10.2 Å². The van der Waals surface area contributed by atoms with Gasteiger partial charge in [0.2, 0.25) is 0 Å². The third-order valence-corrected chi connectivity index (χ3v) is 3.83. The van der Waals surface area contributed by atoms with E-state index in [9.17, 15) is 0 Å². The Balaban J connectivity index is 1.67. The predicted octanol–water partition coefficient (Wildman–Crippen LogP) is 5.94. The zero-order valence-electron chi connectivity index (χ0n) is 11.8. The van der Waals surface area contributed by atoms with Crippen molar-refractivity contribution < 1.29 is 0 Å². The van der Waals surface area contributed by atoms with Crippen LogP contribution < -0.4 is 0 Å². The second-order valence-corrected chi connectivity index (χ2v) is 6.04. The molecule has 106 valence electrons. The van der Waals surface area contributed by atoms with Gasteiger partial charge in [-0.15, -0.1) is 0 Å². The third kappa shape index (κ3) is 4.15. The molecule has 0 heterocycles. The van der Waals surface area contributed by atoms with Crippen LogP contribution in [0, 0.1) is 15.4 Å². The van der Waals surface area contributed by atoms with Gasteiger partial charge in [-0.25, -0.2) is 0 Å². The van der Waals surface area contributed by atoms with Gasteiger partial charge in [0, 0.05) is 14.7 Å². The highest BCUT2D eigenvalue weighted by atomic mass is 127. The summed E-state index contributed by atoms with van der Waals surface area (Å²) in [6, 6.07) is 15.7. The van der Waals surface area contributed by atoms with Crippen molar-refractivity contribution in [3.63, 3.8) is 0 Å². The predicted molar refractivity (Wildman–Crippen MR) is 98.5 cm³/mol. The first-order valence-corrected chi connectivity index (χ1v) is 8.02. The maximum atomic E-state index is 4.24. The van der Waals surface area contributed by atoms with Crippen LogP contribution in [0.25, 0.3) is 0 Å². The van der Waals surface area contributed by atoms with Crippen molar-refractivity contribution in [3.05, 3.63) is 81.5 Å². The van der Waals surface area contributed by atoms with Crippen molar-refractivity contribution in [2.75, 3.05) is 0 Å². The minimum Gasteiger partial charge on any atom is -0.151 e. The molecule has 2 aromatic rings. The van der Waals surface area contributed by atoms with Gasteiger partial charge in [-0.2, -0.15) is 10.2 Å². The maximum absolute atomic E-state index is 4.24. The van der Waals surface area contributed by atoms with E-state index in [-0.39, 0.29) is 0 Å². The summed E-state index contributed by atoms with van der Waals surface area (Å²) in [5.74, 6) is 6.34. The van der Waals surface area contributed by atoms with Crippen LogP contribution in [0.4, 0.5) is 11.4 Å². The second kappa shape index (κ2) is 7.19. The first-order valence-electron chi connectivity index (χ1n) is 6.95. The maximum Gasteiger partial charge on any atom is 0.0857 e. The number of nitrogens with zero attached hydrogens (tertiary/aromatic N) is 2. The minimum absolute atomic E-state index is 0.825. The summed E-state index contributed by atoms with van der Waals surface area (Å²) in [5.41, 5.74) is 3.82. The highest BCUT2D eigenvalue weighted by molar-refractivity contribution is 14.1. The number of azo groups is 1. The smallest absolute Gasteiger partial charge is 0.0857 e. The Bertz CT molecular complexity index is 801. The Labute approximate surface area is 143 Å². The number of allylic oxidation sites excluding steroid dienone is 4. The number of benzene rings is 2. The van der Waals surface area contributed by atoms with E-state index >= 15 is 0 Å². The fourth-order valence-electron chi connectivity index (χ4n) is 1.93. The van der Waals surface area contributed by atoms with Crippen LogP contribution in [0.2, 0.25) is 0 Å². The Morgan fingerprint density at radius 1 is 0.818 bits per heavy atom. The topological polar surface area (TPSA) is 24.7 Å². The molecule has 3 rings (SSSR count). The van der Waals surface area contributed by atoms with E-state index in [0.717, 1.165) is 28.9 Å². The molecule has 0 radical (unpaired) electrons. The molecule has 0 aromatic heterocycles. The number of hydrogen-bond acceptors (Lipinski definition) is 2. The molecule has 0 amide bonds. The lowest BCUT2D eigenvalue weighted by molar-refractivity contribution is 1.23. The molecule has 1 aliphatic carbocycles. The summed E-state index contributed by atoms with van der Waals surface area (Å²) in [6.45, 7) is 0. The van der Waals surface area contributed by atoms with E-state index < -0.39 is 0 Å². The van der Waals surface area contributed by atoms with Crippen LogP contribution >= 0.6 is 22.6 Å². The Kier molecular flexibility index (Phi) is 4.81. The quantitative estimate of drug-likeness (QED) is 0.341. The molecule has 3 heteroatoms. The van der Waals surface area contributed by atoms with Crippen molar-refractivity contribution in [2.45, 2.75) is 6.42 Å². The summed E-state index contributed by atoms with van der Waals surface area (Å²) in [7, 11) is 0. The van der Waals surface area contributed by atoms with Gasteiger partial charge in [0.05, 0.1) is 11.4 Å². The number of rotatable bonds is 2. The van der Waals surface area contributed by atoms with Crippen LogP contribution in [-0.2, 0) is 0 Å². The van der Waals surface area contributed by atoms with E-state index in [1.807, 2.05) is 54.6 Å². The third-order valence-electron chi connectivity index (χ3n) is 3.11.